The molecule has 0 radical (unpaired) electrons. The predicted molar refractivity (Wildman–Crippen MR) is 121 cm³/mol. The molecule has 12 heteroatoms. The highest BCUT2D eigenvalue weighted by atomic mass is 19.4. The van der Waals surface area contributed by atoms with Crippen LogP contribution in [0.1, 0.15) is 55.1 Å². The zero-order valence-electron chi connectivity index (χ0n) is 19.4. The summed E-state index contributed by atoms with van der Waals surface area (Å²) in [5.74, 6) is 0.424. The number of anilines is 1. The maximum absolute atomic E-state index is 13.1. The van der Waals surface area contributed by atoms with Gasteiger partial charge in [-0.1, -0.05) is 19.3 Å². The van der Waals surface area contributed by atoms with Crippen molar-refractivity contribution < 1.29 is 23.0 Å². The Morgan fingerprint density at radius 2 is 1.97 bits per heavy atom. The van der Waals surface area contributed by atoms with Gasteiger partial charge in [0.15, 0.2) is 11.3 Å². The van der Waals surface area contributed by atoms with Crippen molar-refractivity contribution >= 4 is 11.5 Å². The van der Waals surface area contributed by atoms with Crippen LogP contribution in [0.2, 0.25) is 0 Å². The van der Waals surface area contributed by atoms with Crippen molar-refractivity contribution in [2.75, 3.05) is 31.2 Å². The third-order valence-corrected chi connectivity index (χ3v) is 6.17. The summed E-state index contributed by atoms with van der Waals surface area (Å²) in [6.45, 7) is 2.68. The fourth-order valence-corrected chi connectivity index (χ4v) is 4.44. The van der Waals surface area contributed by atoms with E-state index in [1.54, 1.807) is 24.0 Å². The standard InChI is InChI=1S/C14H14F3N5O2.C9H14N2/c1-8-4-11(21-6-9(7-21)24-3-2-23)22-13(19-8)10(5-18)12(20-22)14(15,16)17;1-2-5-9(6-3-1)11-8-4-7-10-11/h4,9,23H,2-3,6-7H2,1H3;4,7-9H,1-3,5-6H2. The zero-order chi connectivity index (χ0) is 25.0. The Labute approximate surface area is 200 Å². The van der Waals surface area contributed by atoms with Crippen LogP contribution in [-0.2, 0) is 10.9 Å². The first-order chi connectivity index (χ1) is 16.8. The lowest BCUT2D eigenvalue weighted by molar-refractivity contribution is -0.141. The molecule has 1 aliphatic heterocycles. The molecule has 0 aromatic carbocycles. The lowest BCUT2D eigenvalue weighted by atomic mass is 9.96. The number of hydrogen-bond donors (Lipinski definition) is 1. The summed E-state index contributed by atoms with van der Waals surface area (Å²) >= 11 is 0. The highest BCUT2D eigenvalue weighted by Gasteiger charge is 2.40. The first-order valence-corrected chi connectivity index (χ1v) is 11.7. The van der Waals surface area contributed by atoms with Gasteiger partial charge in [-0.25, -0.2) is 4.98 Å². The minimum absolute atomic E-state index is 0.0886. The van der Waals surface area contributed by atoms with Crippen molar-refractivity contribution in [2.24, 2.45) is 0 Å². The van der Waals surface area contributed by atoms with Gasteiger partial charge in [0.05, 0.1) is 25.4 Å². The molecule has 0 bridgehead atoms. The first-order valence-electron chi connectivity index (χ1n) is 11.7. The summed E-state index contributed by atoms with van der Waals surface area (Å²) in [5, 5.41) is 25.7. The van der Waals surface area contributed by atoms with Gasteiger partial charge in [0, 0.05) is 37.2 Å². The summed E-state index contributed by atoms with van der Waals surface area (Å²) in [6, 6.07) is 5.87. The average Bonchev–Trinajstić information content (AvgIpc) is 3.47. The largest absolute Gasteiger partial charge is 0.436 e. The third kappa shape index (κ3) is 5.57. The Balaban J connectivity index is 0.000000218. The van der Waals surface area contributed by atoms with Gasteiger partial charge in [0.2, 0.25) is 0 Å². The van der Waals surface area contributed by atoms with E-state index in [1.807, 2.05) is 12.3 Å². The quantitative estimate of drug-likeness (QED) is 0.582. The molecule has 3 aromatic rings. The van der Waals surface area contributed by atoms with E-state index in [-0.39, 0.29) is 25.0 Å². The van der Waals surface area contributed by atoms with Crippen molar-refractivity contribution in [1.29, 1.82) is 5.26 Å². The minimum Gasteiger partial charge on any atom is -0.394 e. The smallest absolute Gasteiger partial charge is 0.394 e. The van der Waals surface area contributed by atoms with E-state index in [0.717, 1.165) is 4.52 Å². The van der Waals surface area contributed by atoms with Crippen molar-refractivity contribution in [3.63, 3.8) is 0 Å². The number of halogens is 3. The van der Waals surface area contributed by atoms with Crippen molar-refractivity contribution in [1.82, 2.24) is 24.4 Å². The summed E-state index contributed by atoms with van der Waals surface area (Å²) in [4.78, 5) is 5.83. The molecular formula is C23H28F3N7O2. The number of alkyl halides is 3. The van der Waals surface area contributed by atoms with Gasteiger partial charge in [-0.15, -0.1) is 0 Å². The molecule has 188 valence electrons. The van der Waals surface area contributed by atoms with Gasteiger partial charge in [-0.2, -0.15) is 33.1 Å². The van der Waals surface area contributed by atoms with Crippen molar-refractivity contribution in [3.8, 4) is 6.07 Å². The number of ether oxygens (including phenoxy) is 1. The number of nitriles is 1. The summed E-state index contributed by atoms with van der Waals surface area (Å²) in [7, 11) is 0. The highest BCUT2D eigenvalue weighted by molar-refractivity contribution is 5.63. The molecule has 0 atom stereocenters. The van der Waals surface area contributed by atoms with Gasteiger partial charge in [-0.05, 0) is 25.8 Å². The second-order valence-electron chi connectivity index (χ2n) is 8.72. The summed E-state index contributed by atoms with van der Waals surface area (Å²) in [6.07, 6.45) is 5.93. The van der Waals surface area contributed by atoms with Gasteiger partial charge in [0.25, 0.3) is 0 Å². The lowest BCUT2D eigenvalue weighted by Crippen LogP contribution is -2.53. The number of aryl methyl sites for hydroxylation is 1. The number of rotatable bonds is 5. The summed E-state index contributed by atoms with van der Waals surface area (Å²) < 4.78 is 47.8. The van der Waals surface area contributed by atoms with E-state index in [1.165, 1.54) is 32.1 Å². The van der Waals surface area contributed by atoms with Crippen LogP contribution in [0, 0.1) is 18.3 Å². The Morgan fingerprint density at radius 3 is 2.57 bits per heavy atom. The maximum atomic E-state index is 13.1. The molecule has 1 saturated heterocycles. The van der Waals surface area contributed by atoms with Gasteiger partial charge < -0.3 is 14.7 Å². The van der Waals surface area contributed by atoms with E-state index in [2.05, 4.69) is 26.1 Å². The normalized spacial score (nSPS) is 17.1. The fourth-order valence-electron chi connectivity index (χ4n) is 4.44. The van der Waals surface area contributed by atoms with Crippen LogP contribution in [0.4, 0.5) is 19.0 Å². The molecule has 2 aliphatic rings. The number of fused-ring (bicyclic) bond motifs is 1. The molecule has 9 nitrogen and oxygen atoms in total. The van der Waals surface area contributed by atoms with Crippen LogP contribution in [0.15, 0.2) is 24.5 Å². The van der Waals surface area contributed by atoms with Crippen LogP contribution >= 0.6 is 0 Å². The highest BCUT2D eigenvalue weighted by Crippen LogP contribution is 2.34. The second-order valence-corrected chi connectivity index (χ2v) is 8.72. The third-order valence-electron chi connectivity index (χ3n) is 6.17. The molecule has 1 aliphatic carbocycles. The molecule has 35 heavy (non-hydrogen) atoms. The molecule has 0 amide bonds. The SMILES string of the molecule is Cc1cc(N2CC(OCCO)C2)n2nc(C(F)(F)F)c(C#N)c2n1.c1cnn(C2CCCCC2)c1. The van der Waals surface area contributed by atoms with Crippen LogP contribution in [0.5, 0.6) is 0 Å². The van der Waals surface area contributed by atoms with Crippen molar-refractivity contribution in [2.45, 2.75) is 57.3 Å². The molecule has 0 spiro atoms. The Bertz CT molecular complexity index is 1160. The number of nitrogens with zero attached hydrogens (tertiary/aromatic N) is 7. The molecule has 3 aromatic heterocycles. The molecule has 5 rings (SSSR count). The second kappa shape index (κ2) is 10.6. The molecule has 1 saturated carbocycles. The monoisotopic (exact) mass is 491 g/mol. The molecule has 2 fully saturated rings. The van der Waals surface area contributed by atoms with E-state index in [4.69, 9.17) is 15.1 Å². The zero-order valence-corrected chi connectivity index (χ0v) is 19.4. The van der Waals surface area contributed by atoms with E-state index >= 15 is 0 Å². The summed E-state index contributed by atoms with van der Waals surface area (Å²) in [5.41, 5.74) is -1.44. The van der Waals surface area contributed by atoms with Gasteiger partial charge >= 0.3 is 6.18 Å². The van der Waals surface area contributed by atoms with Crippen LogP contribution in [0.25, 0.3) is 5.65 Å². The molecule has 4 heterocycles. The van der Waals surface area contributed by atoms with Crippen LogP contribution in [-0.4, -0.2) is 61.9 Å². The van der Waals surface area contributed by atoms with E-state index in [0.29, 0.717) is 30.6 Å². The average molecular weight is 492 g/mol. The van der Waals surface area contributed by atoms with Crippen LogP contribution in [0.3, 0.4) is 0 Å². The van der Waals surface area contributed by atoms with E-state index in [9.17, 15) is 13.2 Å². The maximum Gasteiger partial charge on any atom is 0.436 e. The van der Waals surface area contributed by atoms with Crippen LogP contribution < -0.4 is 4.90 Å². The minimum atomic E-state index is -4.73. The van der Waals surface area contributed by atoms with Gasteiger partial charge in [-0.3, -0.25) is 4.68 Å². The fraction of sp³-hybridized carbons (Fsp3) is 0.565. The number of hydrogen-bond acceptors (Lipinski definition) is 7. The molecule has 1 N–H and O–H groups in total. The number of aliphatic hydroxyl groups excluding tert-OH is 1. The Kier molecular flexibility index (Phi) is 7.57. The number of aliphatic hydroxyl groups is 1. The molecule has 0 unspecified atom stereocenters. The first kappa shape index (κ1) is 24.9. The van der Waals surface area contributed by atoms with E-state index < -0.39 is 17.4 Å². The lowest BCUT2D eigenvalue weighted by Gasteiger charge is -2.40. The Hall–Kier alpha value is -3.17. The predicted octanol–water partition coefficient (Wildman–Crippen LogP) is 3.51. The number of aromatic nitrogens is 5. The van der Waals surface area contributed by atoms with Crippen molar-refractivity contribution in [3.05, 3.63) is 41.5 Å². The molecular weight excluding hydrogens is 463 g/mol. The Morgan fingerprint density at radius 1 is 1.23 bits per heavy atom. The topological polar surface area (TPSA) is 104 Å². The van der Waals surface area contributed by atoms with Gasteiger partial charge in [0.1, 0.15) is 17.5 Å².